The average molecular weight is 524 g/mol. The Labute approximate surface area is 218 Å². The lowest BCUT2D eigenvalue weighted by Gasteiger charge is -2.49. The monoisotopic (exact) mass is 523 g/mol. The summed E-state index contributed by atoms with van der Waals surface area (Å²) < 4.78 is 28.4. The van der Waals surface area contributed by atoms with E-state index in [-0.39, 0.29) is 60.6 Å². The Kier molecular flexibility index (Phi) is 16.5. The summed E-state index contributed by atoms with van der Waals surface area (Å²) in [4.78, 5) is 11.2. The molecule has 1 heterocycles. The van der Waals surface area contributed by atoms with Gasteiger partial charge in [0.2, 0.25) is 5.91 Å². The van der Waals surface area contributed by atoms with Crippen molar-refractivity contribution in [3.8, 4) is 0 Å². The Morgan fingerprint density at radius 2 is 1.64 bits per heavy atom. The summed E-state index contributed by atoms with van der Waals surface area (Å²) in [6.45, 7) is 16.6. The number of nitrogens with one attached hydrogen (secondary N) is 1. The average Bonchev–Trinajstić information content (AvgIpc) is 2.79. The summed E-state index contributed by atoms with van der Waals surface area (Å²) in [6, 6.07) is -0.285. The molecule has 10 nitrogen and oxygen atoms in total. The molecule has 10 heteroatoms. The fraction of sp³-hybridized carbons (Fsp3) is 0.962. The number of amides is 1. The number of aliphatic hydroxyl groups is 3. The molecule has 216 valence electrons. The van der Waals surface area contributed by atoms with Crippen LogP contribution < -0.4 is 5.32 Å². The molecule has 0 bridgehead atoms. The molecule has 36 heavy (non-hydrogen) atoms. The van der Waals surface area contributed by atoms with Gasteiger partial charge in [-0.2, -0.15) is 0 Å². The number of rotatable bonds is 13. The molecule has 1 aliphatic rings. The van der Waals surface area contributed by atoms with Crippen molar-refractivity contribution in [1.29, 1.82) is 0 Å². The van der Waals surface area contributed by atoms with Gasteiger partial charge in [-0.3, -0.25) is 4.79 Å². The van der Waals surface area contributed by atoms with Crippen molar-refractivity contribution in [2.75, 3.05) is 27.4 Å². The van der Waals surface area contributed by atoms with E-state index in [9.17, 15) is 15.0 Å². The summed E-state index contributed by atoms with van der Waals surface area (Å²) in [7, 11) is 3.18. The molecule has 4 N–H and O–H groups in total. The molecule has 0 radical (unpaired) electrons. The lowest BCUT2D eigenvalue weighted by atomic mass is 9.80. The molecule has 0 saturated carbocycles. The van der Waals surface area contributed by atoms with Gasteiger partial charge in [0.05, 0.1) is 43.2 Å². The normalized spacial score (nSPS) is 27.1. The minimum atomic E-state index is -1.06. The van der Waals surface area contributed by atoms with Crippen LogP contribution in [-0.2, 0) is 28.5 Å². The van der Waals surface area contributed by atoms with Crippen LogP contribution >= 0.6 is 0 Å². The third-order valence-corrected chi connectivity index (χ3v) is 6.43. The van der Waals surface area contributed by atoms with Gasteiger partial charge >= 0.3 is 0 Å². The number of ether oxygens (including phenoxy) is 5. The van der Waals surface area contributed by atoms with Gasteiger partial charge in [-0.25, -0.2) is 0 Å². The highest BCUT2D eigenvalue weighted by Gasteiger charge is 2.48. The molecule has 0 aromatic carbocycles. The Morgan fingerprint density at radius 3 is 2.00 bits per heavy atom. The minimum absolute atomic E-state index is 0.0482. The largest absolute Gasteiger partial charge is 0.394 e. The highest BCUT2D eigenvalue weighted by atomic mass is 16.6. The van der Waals surface area contributed by atoms with Crippen LogP contribution in [0.3, 0.4) is 0 Å². The van der Waals surface area contributed by atoms with E-state index in [0.29, 0.717) is 6.42 Å². The summed E-state index contributed by atoms with van der Waals surface area (Å²) in [5.41, 5.74) is -0.315. The summed E-state index contributed by atoms with van der Waals surface area (Å²) >= 11 is 0. The first kappa shape index (κ1) is 35.2. The number of carbonyl (C=O) groups is 1. The van der Waals surface area contributed by atoms with Crippen LogP contribution in [0, 0.1) is 5.92 Å². The van der Waals surface area contributed by atoms with E-state index in [1.807, 2.05) is 48.5 Å². The van der Waals surface area contributed by atoms with Gasteiger partial charge in [0.15, 0.2) is 0 Å². The van der Waals surface area contributed by atoms with E-state index in [1.54, 1.807) is 7.11 Å². The van der Waals surface area contributed by atoms with Crippen LogP contribution in [0.4, 0.5) is 0 Å². The topological polar surface area (TPSA) is 136 Å². The van der Waals surface area contributed by atoms with Crippen molar-refractivity contribution in [2.45, 2.75) is 129 Å². The quantitative estimate of drug-likeness (QED) is 0.284. The fourth-order valence-corrected chi connectivity index (χ4v) is 4.43. The molecule has 1 saturated heterocycles. The second kappa shape index (κ2) is 16.9. The van der Waals surface area contributed by atoms with Crippen LogP contribution in [-0.4, -0.2) is 109 Å². The first-order valence-corrected chi connectivity index (χ1v) is 12.9. The molecular weight excluding hydrogens is 470 g/mol. The summed E-state index contributed by atoms with van der Waals surface area (Å²) in [5, 5.41) is 31.2. The second-order valence-electron chi connectivity index (χ2n) is 10.4. The molecule has 1 amide bonds. The number of hydrogen-bond acceptors (Lipinski definition) is 9. The van der Waals surface area contributed by atoms with Crippen LogP contribution in [0.2, 0.25) is 0 Å². The molecule has 0 spiro atoms. The molecule has 4 unspecified atom stereocenters. The predicted octanol–water partition coefficient (Wildman–Crippen LogP) is 1.66. The maximum Gasteiger partial charge on any atom is 0.217 e. The van der Waals surface area contributed by atoms with Crippen molar-refractivity contribution in [3.05, 3.63) is 0 Å². The third-order valence-electron chi connectivity index (χ3n) is 6.43. The lowest BCUT2D eigenvalue weighted by Crippen LogP contribution is -2.60. The van der Waals surface area contributed by atoms with Gasteiger partial charge in [-0.1, -0.05) is 13.8 Å². The first-order valence-electron chi connectivity index (χ1n) is 12.9. The van der Waals surface area contributed by atoms with Gasteiger partial charge < -0.3 is 44.3 Å². The maximum absolute atomic E-state index is 11.2. The summed E-state index contributed by atoms with van der Waals surface area (Å²) in [6.07, 6.45) is -2.29. The first-order chi connectivity index (χ1) is 16.7. The van der Waals surface area contributed by atoms with E-state index in [0.717, 1.165) is 0 Å². The summed E-state index contributed by atoms with van der Waals surface area (Å²) in [5.74, 6) is 0.0368. The Balaban J connectivity index is 0.000000684. The van der Waals surface area contributed by atoms with Crippen molar-refractivity contribution in [3.63, 3.8) is 0 Å². The van der Waals surface area contributed by atoms with E-state index in [4.69, 9.17) is 28.8 Å². The maximum atomic E-state index is 11.2. The fourth-order valence-electron chi connectivity index (χ4n) is 4.43. The lowest BCUT2D eigenvalue weighted by molar-refractivity contribution is -0.262. The molecule has 8 atom stereocenters. The van der Waals surface area contributed by atoms with Crippen molar-refractivity contribution < 1.29 is 43.8 Å². The Hall–Kier alpha value is -0.850. The predicted molar refractivity (Wildman–Crippen MR) is 138 cm³/mol. The van der Waals surface area contributed by atoms with Gasteiger partial charge in [0, 0.05) is 27.1 Å². The van der Waals surface area contributed by atoms with Crippen molar-refractivity contribution >= 4 is 5.91 Å². The number of aliphatic hydroxyl groups excluding tert-OH is 3. The highest BCUT2D eigenvalue weighted by Crippen LogP contribution is 2.37. The molecule has 0 aromatic heterocycles. The zero-order valence-corrected chi connectivity index (χ0v) is 24.2. The van der Waals surface area contributed by atoms with Crippen LogP contribution in [0.25, 0.3) is 0 Å². The Bertz CT molecular complexity index is 602. The van der Waals surface area contributed by atoms with Gasteiger partial charge in [0.1, 0.15) is 30.5 Å². The zero-order chi connectivity index (χ0) is 28.2. The number of carbonyl (C=O) groups excluding carboxylic acids is 1. The van der Waals surface area contributed by atoms with E-state index in [1.165, 1.54) is 14.0 Å². The Morgan fingerprint density at radius 1 is 1.06 bits per heavy atom. The van der Waals surface area contributed by atoms with Crippen LogP contribution in [0.1, 0.15) is 68.7 Å². The molecule has 1 fully saturated rings. The zero-order valence-electron chi connectivity index (χ0n) is 24.2. The molecule has 0 aromatic rings. The van der Waals surface area contributed by atoms with E-state index >= 15 is 0 Å². The van der Waals surface area contributed by atoms with E-state index < -0.39 is 24.9 Å². The van der Waals surface area contributed by atoms with Crippen molar-refractivity contribution in [1.82, 2.24) is 5.32 Å². The minimum Gasteiger partial charge on any atom is -0.394 e. The molecule has 0 aliphatic carbocycles. The number of methoxy groups -OCH3 is 2. The van der Waals surface area contributed by atoms with Gasteiger partial charge in [-0.05, 0) is 48.0 Å². The second-order valence-corrected chi connectivity index (χ2v) is 10.4. The number of hydrogen-bond donors (Lipinski definition) is 4. The molecule has 1 aliphatic heterocycles. The standard InChI is InChI=1S/C13H27NO5.C13H26O4/c1-6-10(14-9(4)16)12(18-5)13(11(17)7-15)19-8(2)3;1-8(2)16-12-10(7-14)17-13(4,5)9(3)11(12)15-6/h8,10-13,15,17H,6-7H2,1-5H3,(H,14,16);8-12,14H,7H2,1-6H3/t10?,11?,12-,13-;9?,10?,11-,12-/m11/s1. The molecule has 1 rings (SSSR count). The molecular formula is C26H53NO9. The SMILES string of the molecule is CCC(NC(C)=O)[C@@H](OC)[C@H](OC(C)C)C(O)CO.CO[C@@H]1C(C)C(C)(C)OC(CO)[C@H]1OC(C)C. The van der Waals surface area contributed by atoms with Crippen LogP contribution in [0.5, 0.6) is 0 Å². The van der Waals surface area contributed by atoms with Crippen LogP contribution in [0.15, 0.2) is 0 Å². The third kappa shape index (κ3) is 10.9. The van der Waals surface area contributed by atoms with Gasteiger partial charge in [0.25, 0.3) is 0 Å². The smallest absolute Gasteiger partial charge is 0.217 e. The highest BCUT2D eigenvalue weighted by molar-refractivity contribution is 5.73. The van der Waals surface area contributed by atoms with Gasteiger partial charge in [-0.15, -0.1) is 0 Å². The van der Waals surface area contributed by atoms with Crippen molar-refractivity contribution in [2.24, 2.45) is 5.92 Å². The van der Waals surface area contributed by atoms with E-state index in [2.05, 4.69) is 12.2 Å².